The lowest BCUT2D eigenvalue weighted by Crippen LogP contribution is -2.43. The number of hydroxylamine groups is 2. The van der Waals surface area contributed by atoms with Crippen LogP contribution in [-0.4, -0.2) is 44.3 Å². The molecule has 158 valence electrons. The van der Waals surface area contributed by atoms with Gasteiger partial charge in [-0.2, -0.15) is 5.10 Å². The molecule has 2 aromatic rings. The van der Waals surface area contributed by atoms with Crippen LogP contribution in [0.2, 0.25) is 0 Å². The van der Waals surface area contributed by atoms with E-state index >= 15 is 0 Å². The predicted octanol–water partition coefficient (Wildman–Crippen LogP) is 2.72. The van der Waals surface area contributed by atoms with Gasteiger partial charge in [-0.3, -0.25) is 19.6 Å². The first-order valence-corrected chi connectivity index (χ1v) is 9.15. The Labute approximate surface area is 172 Å². The van der Waals surface area contributed by atoms with Gasteiger partial charge in [0, 0.05) is 6.20 Å². The van der Waals surface area contributed by atoms with Gasteiger partial charge in [0.2, 0.25) is 0 Å². The van der Waals surface area contributed by atoms with E-state index in [1.54, 1.807) is 32.9 Å². The zero-order valence-corrected chi connectivity index (χ0v) is 17.3. The molecule has 0 saturated carbocycles. The largest absolute Gasteiger partial charge is 0.444 e. The molecule has 0 aliphatic carbocycles. The second kappa shape index (κ2) is 7.29. The van der Waals surface area contributed by atoms with Crippen molar-refractivity contribution in [3.63, 3.8) is 0 Å². The number of nitrogens with zero attached hydrogens (tertiary/aromatic N) is 3. The summed E-state index contributed by atoms with van der Waals surface area (Å²) in [5.74, 6) is -2.32. The van der Waals surface area contributed by atoms with Crippen molar-refractivity contribution in [2.24, 2.45) is 0 Å². The maximum absolute atomic E-state index is 12.7. The quantitative estimate of drug-likeness (QED) is 0.764. The summed E-state index contributed by atoms with van der Waals surface area (Å²) in [7, 11) is 0. The van der Waals surface area contributed by atoms with Gasteiger partial charge in [-0.05, 0) is 46.8 Å². The number of hydrogen-bond donors (Lipinski definition) is 1. The van der Waals surface area contributed by atoms with Gasteiger partial charge < -0.3 is 9.57 Å². The van der Waals surface area contributed by atoms with Gasteiger partial charge >= 0.3 is 12.1 Å². The van der Waals surface area contributed by atoms with E-state index in [0.717, 1.165) is 0 Å². The van der Waals surface area contributed by atoms with Crippen molar-refractivity contribution in [2.75, 3.05) is 5.32 Å². The zero-order valence-electron chi connectivity index (χ0n) is 17.3. The second-order valence-corrected chi connectivity index (χ2v) is 8.19. The highest BCUT2D eigenvalue weighted by atomic mass is 16.7. The highest BCUT2D eigenvalue weighted by Crippen LogP contribution is 2.26. The number of aromatic nitrogens is 2. The number of imide groups is 1. The zero-order chi connectivity index (χ0) is 22.3. The van der Waals surface area contributed by atoms with E-state index in [1.807, 2.05) is 0 Å². The Morgan fingerprint density at radius 3 is 2.10 bits per heavy atom. The summed E-state index contributed by atoms with van der Waals surface area (Å²) < 4.78 is 6.42. The smallest absolute Gasteiger partial charge is 0.412 e. The lowest BCUT2D eigenvalue weighted by atomic mass is 10.1. The van der Waals surface area contributed by atoms with Crippen molar-refractivity contribution in [3.05, 3.63) is 47.8 Å². The fraction of sp³-hybridized carbons (Fsp3) is 0.350. The molecule has 0 fully saturated rings. The lowest BCUT2D eigenvalue weighted by molar-refractivity contribution is -0.178. The summed E-state index contributed by atoms with van der Waals surface area (Å²) in [5.41, 5.74) is -1.43. The first-order chi connectivity index (χ1) is 13.9. The Morgan fingerprint density at radius 2 is 1.57 bits per heavy atom. The van der Waals surface area contributed by atoms with Crippen molar-refractivity contribution in [1.29, 1.82) is 0 Å². The molecule has 0 bridgehead atoms. The first-order valence-electron chi connectivity index (χ1n) is 9.15. The van der Waals surface area contributed by atoms with Crippen molar-refractivity contribution < 1.29 is 28.8 Å². The molecule has 0 radical (unpaired) electrons. The average molecular weight is 414 g/mol. The average Bonchev–Trinajstić information content (AvgIpc) is 3.20. The third-order valence-electron chi connectivity index (χ3n) is 4.23. The van der Waals surface area contributed by atoms with Crippen molar-refractivity contribution in [2.45, 2.75) is 45.8 Å². The van der Waals surface area contributed by atoms with Crippen LogP contribution in [0.3, 0.4) is 0 Å². The minimum atomic E-state index is -1.39. The van der Waals surface area contributed by atoms with Crippen LogP contribution in [0, 0.1) is 0 Å². The Balaban J connectivity index is 1.71. The van der Waals surface area contributed by atoms with Crippen LogP contribution >= 0.6 is 0 Å². The van der Waals surface area contributed by atoms with Gasteiger partial charge in [0.25, 0.3) is 11.8 Å². The molecule has 1 aromatic heterocycles. The maximum Gasteiger partial charge on any atom is 0.412 e. The summed E-state index contributed by atoms with van der Waals surface area (Å²) in [6.45, 7) is 8.19. The molecule has 0 unspecified atom stereocenters. The number of nitrogens with one attached hydrogen (secondary N) is 1. The van der Waals surface area contributed by atoms with Gasteiger partial charge in [-0.25, -0.2) is 9.59 Å². The standard InChI is InChI=1S/C20H22N4O6/c1-19(2,3)29-18(28)22-12-10-21-23(11-12)20(4,5)17(27)30-24-15(25)13-8-6-7-9-14(13)16(24)26/h6-11H,1-5H3,(H,22,28). The van der Waals surface area contributed by atoms with Gasteiger partial charge in [-0.1, -0.05) is 17.2 Å². The third-order valence-corrected chi connectivity index (χ3v) is 4.23. The molecular weight excluding hydrogens is 392 g/mol. The number of benzene rings is 1. The highest BCUT2D eigenvalue weighted by molar-refractivity contribution is 6.20. The van der Waals surface area contributed by atoms with E-state index < -0.39 is 35.0 Å². The number of amides is 3. The van der Waals surface area contributed by atoms with E-state index in [-0.39, 0.29) is 11.1 Å². The Bertz CT molecular complexity index is 999. The monoisotopic (exact) mass is 414 g/mol. The van der Waals surface area contributed by atoms with E-state index in [4.69, 9.17) is 9.57 Å². The minimum absolute atomic E-state index is 0.163. The molecule has 2 heterocycles. The van der Waals surface area contributed by atoms with Crippen LogP contribution in [0.5, 0.6) is 0 Å². The summed E-state index contributed by atoms with van der Waals surface area (Å²) in [4.78, 5) is 54.5. The molecule has 30 heavy (non-hydrogen) atoms. The molecule has 10 nitrogen and oxygen atoms in total. The molecule has 1 N–H and O–H groups in total. The molecule has 0 atom stereocenters. The van der Waals surface area contributed by atoms with E-state index in [9.17, 15) is 19.2 Å². The SMILES string of the molecule is CC(C)(C)OC(=O)Nc1cnn(C(C)(C)C(=O)ON2C(=O)c3ccccc3C2=O)c1. The number of ether oxygens (including phenoxy) is 1. The molecule has 0 spiro atoms. The number of fused-ring (bicyclic) bond motifs is 1. The molecule has 3 amide bonds. The number of hydrogen-bond acceptors (Lipinski definition) is 7. The van der Waals surface area contributed by atoms with E-state index in [2.05, 4.69) is 10.4 Å². The lowest BCUT2D eigenvalue weighted by Gasteiger charge is -2.24. The second-order valence-electron chi connectivity index (χ2n) is 8.19. The van der Waals surface area contributed by atoms with Crippen LogP contribution in [0.4, 0.5) is 10.5 Å². The first kappa shape index (κ1) is 21.0. The van der Waals surface area contributed by atoms with Gasteiger partial charge in [0.05, 0.1) is 23.0 Å². The summed E-state index contributed by atoms with van der Waals surface area (Å²) in [6, 6.07) is 6.19. The molecular formula is C20H22N4O6. The van der Waals surface area contributed by atoms with Crippen LogP contribution in [0.25, 0.3) is 0 Å². The number of rotatable bonds is 4. The number of anilines is 1. The summed E-state index contributed by atoms with van der Waals surface area (Å²) in [6.07, 6.45) is 2.07. The van der Waals surface area contributed by atoms with E-state index in [1.165, 1.54) is 43.1 Å². The molecule has 3 rings (SSSR count). The maximum atomic E-state index is 12.7. The Hall–Kier alpha value is -3.69. The molecule has 1 aliphatic rings. The Morgan fingerprint density at radius 1 is 1.00 bits per heavy atom. The topological polar surface area (TPSA) is 120 Å². The molecule has 10 heteroatoms. The fourth-order valence-electron chi connectivity index (χ4n) is 2.65. The fourth-order valence-corrected chi connectivity index (χ4v) is 2.65. The molecule has 1 aromatic carbocycles. The normalized spacial score (nSPS) is 13.8. The van der Waals surface area contributed by atoms with Gasteiger partial charge in [-0.15, -0.1) is 0 Å². The van der Waals surface area contributed by atoms with Crippen molar-refractivity contribution in [3.8, 4) is 0 Å². The van der Waals surface area contributed by atoms with E-state index in [0.29, 0.717) is 10.8 Å². The van der Waals surface area contributed by atoms with Gasteiger partial charge in [0.1, 0.15) is 5.60 Å². The summed E-state index contributed by atoms with van der Waals surface area (Å²) in [5, 5.41) is 7.02. The van der Waals surface area contributed by atoms with Crippen LogP contribution in [-0.2, 0) is 19.9 Å². The number of carbonyl (C=O) groups is 4. The third kappa shape index (κ3) is 4.02. The van der Waals surface area contributed by atoms with Crippen molar-refractivity contribution in [1.82, 2.24) is 14.8 Å². The number of carbonyl (C=O) groups excluding carboxylic acids is 4. The highest BCUT2D eigenvalue weighted by Gasteiger charge is 2.42. The summed E-state index contributed by atoms with van der Waals surface area (Å²) >= 11 is 0. The molecule has 0 saturated heterocycles. The van der Waals surface area contributed by atoms with Crippen LogP contribution in [0.1, 0.15) is 55.3 Å². The van der Waals surface area contributed by atoms with Crippen LogP contribution in [0.15, 0.2) is 36.7 Å². The van der Waals surface area contributed by atoms with Gasteiger partial charge in [0.15, 0.2) is 5.54 Å². The Kier molecular flexibility index (Phi) is 5.11. The predicted molar refractivity (Wildman–Crippen MR) is 104 cm³/mol. The minimum Gasteiger partial charge on any atom is -0.444 e. The van der Waals surface area contributed by atoms with Crippen molar-refractivity contribution >= 4 is 29.6 Å². The van der Waals surface area contributed by atoms with Crippen LogP contribution < -0.4 is 5.32 Å². The molecule has 1 aliphatic heterocycles.